The van der Waals surface area contributed by atoms with Gasteiger partial charge in [0.05, 0.1) is 39.9 Å². The van der Waals surface area contributed by atoms with Crippen LogP contribution < -0.4 is 10.2 Å². The summed E-state index contributed by atoms with van der Waals surface area (Å²) in [6.07, 6.45) is 104. The molecule has 0 heterocycles. The highest BCUT2D eigenvalue weighted by molar-refractivity contribution is 7.45. The minimum Gasteiger partial charge on any atom is -0.756 e. The minimum absolute atomic E-state index is 0.00111. The number of carbonyl (C=O) groups is 1. The number of aliphatic hydroxyl groups excluding tert-OH is 1. The number of aliphatic hydroxyl groups is 1. The number of phosphoric acid groups is 1. The van der Waals surface area contributed by atoms with E-state index in [1.165, 1.54) is 334 Å². The van der Waals surface area contributed by atoms with Crippen molar-refractivity contribution in [3.63, 3.8) is 0 Å². The van der Waals surface area contributed by atoms with E-state index in [0.717, 1.165) is 64.2 Å². The van der Waals surface area contributed by atoms with Crippen molar-refractivity contribution in [3.05, 3.63) is 60.8 Å². The smallest absolute Gasteiger partial charge is 0.268 e. The molecular formula is C84H161N2O6P. The van der Waals surface area contributed by atoms with Crippen LogP contribution in [0.4, 0.5) is 0 Å². The Morgan fingerprint density at radius 2 is 0.656 bits per heavy atom. The van der Waals surface area contributed by atoms with Gasteiger partial charge in [0.1, 0.15) is 13.2 Å². The van der Waals surface area contributed by atoms with Crippen LogP contribution in [0.25, 0.3) is 0 Å². The molecule has 0 fully saturated rings. The summed E-state index contributed by atoms with van der Waals surface area (Å²) in [5.41, 5.74) is 0. The second-order valence-corrected chi connectivity index (χ2v) is 30.9. The summed E-state index contributed by atoms with van der Waals surface area (Å²) in [5.74, 6) is -0.188. The number of allylic oxidation sites excluding steroid dienone is 9. The SMILES string of the molecule is CC/C=C\C/C=C\C/C=C\C/C=C\CCCCCCCCCCCCCCCCCCCCCCCCCCCCCCC(=O)NC(COP(=O)([O-])OCC[N+](C)(C)C)C(O)/C=C/CCCCCCCCCCCCCCCCCCCCCCCCCCCCCC. The fraction of sp³-hybridized carbons (Fsp3) is 0.869. The number of unbranched alkanes of at least 4 members (excludes halogenated alkanes) is 56. The van der Waals surface area contributed by atoms with E-state index in [1.54, 1.807) is 6.08 Å². The molecule has 0 spiro atoms. The van der Waals surface area contributed by atoms with Crippen LogP contribution in [0.1, 0.15) is 418 Å². The number of nitrogens with one attached hydrogen (secondary N) is 1. The quantitative estimate of drug-likeness (QED) is 0.0272. The molecule has 3 unspecified atom stereocenters. The number of nitrogens with zero attached hydrogens (tertiary/aromatic N) is 1. The summed E-state index contributed by atoms with van der Waals surface area (Å²) in [4.78, 5) is 25.7. The van der Waals surface area contributed by atoms with Crippen molar-refractivity contribution >= 4 is 13.7 Å². The lowest BCUT2D eigenvalue weighted by molar-refractivity contribution is -0.870. The van der Waals surface area contributed by atoms with E-state index >= 15 is 0 Å². The lowest BCUT2D eigenvalue weighted by Gasteiger charge is -2.29. The molecule has 3 atom stereocenters. The van der Waals surface area contributed by atoms with Crippen LogP contribution in [0.15, 0.2) is 60.8 Å². The zero-order chi connectivity index (χ0) is 67.6. The van der Waals surface area contributed by atoms with E-state index in [1.807, 2.05) is 27.2 Å². The number of rotatable bonds is 77. The maximum atomic E-state index is 13.1. The molecule has 0 radical (unpaired) electrons. The van der Waals surface area contributed by atoms with Gasteiger partial charge in [0.2, 0.25) is 5.91 Å². The molecule has 9 heteroatoms. The molecule has 0 aromatic rings. The van der Waals surface area contributed by atoms with Gasteiger partial charge in [0, 0.05) is 6.42 Å². The Kier molecular flexibility index (Phi) is 73.0. The van der Waals surface area contributed by atoms with Gasteiger partial charge in [-0.05, 0) is 57.8 Å². The molecule has 0 aliphatic heterocycles. The van der Waals surface area contributed by atoms with Gasteiger partial charge in [-0.2, -0.15) is 0 Å². The second-order valence-electron chi connectivity index (χ2n) is 29.5. The van der Waals surface area contributed by atoms with Crippen LogP contribution in [0.2, 0.25) is 0 Å². The van der Waals surface area contributed by atoms with Crippen molar-refractivity contribution in [1.29, 1.82) is 0 Å². The highest BCUT2D eigenvalue weighted by Crippen LogP contribution is 2.38. The maximum Gasteiger partial charge on any atom is 0.268 e. The van der Waals surface area contributed by atoms with Gasteiger partial charge in [0.25, 0.3) is 7.82 Å². The first-order valence-electron chi connectivity index (χ1n) is 41.2. The maximum absolute atomic E-state index is 13.1. The average Bonchev–Trinajstić information content (AvgIpc) is 2.75. The fourth-order valence-electron chi connectivity index (χ4n) is 12.7. The van der Waals surface area contributed by atoms with E-state index in [2.05, 4.69) is 67.8 Å². The third-order valence-electron chi connectivity index (χ3n) is 19.0. The van der Waals surface area contributed by atoms with Gasteiger partial charge in [-0.25, -0.2) is 0 Å². The van der Waals surface area contributed by atoms with E-state index in [-0.39, 0.29) is 19.1 Å². The Hall–Kier alpha value is -1.80. The molecule has 1 amide bonds. The van der Waals surface area contributed by atoms with Crippen LogP contribution in [0.3, 0.4) is 0 Å². The highest BCUT2D eigenvalue weighted by Gasteiger charge is 2.23. The monoisotopic (exact) mass is 1330 g/mol. The zero-order valence-electron chi connectivity index (χ0n) is 63.0. The van der Waals surface area contributed by atoms with E-state index in [0.29, 0.717) is 17.4 Å². The lowest BCUT2D eigenvalue weighted by Crippen LogP contribution is -2.45. The topological polar surface area (TPSA) is 108 Å². The van der Waals surface area contributed by atoms with E-state index in [4.69, 9.17) is 9.05 Å². The van der Waals surface area contributed by atoms with Crippen LogP contribution in [0.5, 0.6) is 0 Å². The number of amides is 1. The Morgan fingerprint density at radius 3 is 0.957 bits per heavy atom. The standard InChI is InChI=1S/C84H161N2O6P/c1-6-8-10-12-14-16-18-20-22-24-26-28-30-32-34-36-38-39-40-41-42-43-44-45-46-47-48-50-52-54-56-58-60-62-64-66-68-70-72-74-76-78-84(88)85-82(81-92-93(89,90)91-80-79-86(3,4)5)83(87)77-75-73-71-69-67-65-63-61-59-57-55-53-51-49-37-35-33-31-29-27-25-23-21-19-17-15-13-11-9-7-2/h8,10,14,16,20,22,26,28,75,77,82-83,87H,6-7,9,11-13,15,17-19,21,23-25,27,29-74,76,78-81H2,1-5H3,(H-,85,88,89,90)/b10-8-,16-14-,22-20-,28-26-,77-75+. The Morgan fingerprint density at radius 1 is 0.387 bits per heavy atom. The normalized spacial score (nSPS) is 13.8. The minimum atomic E-state index is -4.61. The Balaban J connectivity index is 3.90. The molecule has 0 saturated carbocycles. The van der Waals surface area contributed by atoms with Crippen molar-refractivity contribution < 1.29 is 32.9 Å². The molecular weight excluding hydrogens is 1160 g/mol. The molecule has 2 N–H and O–H groups in total. The predicted molar refractivity (Wildman–Crippen MR) is 408 cm³/mol. The number of carbonyl (C=O) groups excluding carboxylic acids is 1. The largest absolute Gasteiger partial charge is 0.756 e. The first kappa shape index (κ1) is 91.2. The number of hydrogen-bond acceptors (Lipinski definition) is 6. The summed E-state index contributed by atoms with van der Waals surface area (Å²) in [6.45, 7) is 4.60. The Labute approximate surface area is 581 Å². The third-order valence-corrected chi connectivity index (χ3v) is 19.9. The molecule has 0 rings (SSSR count). The van der Waals surface area contributed by atoms with Crippen LogP contribution in [-0.4, -0.2) is 68.5 Å². The molecule has 548 valence electrons. The van der Waals surface area contributed by atoms with Crippen LogP contribution in [0, 0.1) is 0 Å². The zero-order valence-corrected chi connectivity index (χ0v) is 63.9. The summed E-state index contributed by atoms with van der Waals surface area (Å²) in [7, 11) is 1.28. The summed E-state index contributed by atoms with van der Waals surface area (Å²) in [6, 6.07) is -0.888. The van der Waals surface area contributed by atoms with Crippen molar-refractivity contribution in [2.24, 2.45) is 0 Å². The molecule has 0 saturated heterocycles. The van der Waals surface area contributed by atoms with Gasteiger partial charge in [-0.3, -0.25) is 9.36 Å². The van der Waals surface area contributed by atoms with Crippen molar-refractivity contribution in [2.45, 2.75) is 431 Å². The average molecular weight is 1330 g/mol. The molecule has 0 aliphatic rings. The highest BCUT2D eigenvalue weighted by atomic mass is 31.2. The van der Waals surface area contributed by atoms with E-state index in [9.17, 15) is 19.4 Å². The molecule has 8 nitrogen and oxygen atoms in total. The first-order valence-corrected chi connectivity index (χ1v) is 42.6. The molecule has 0 aliphatic carbocycles. The molecule has 0 aromatic heterocycles. The second kappa shape index (κ2) is 74.4. The lowest BCUT2D eigenvalue weighted by atomic mass is 10.0. The van der Waals surface area contributed by atoms with Gasteiger partial charge in [-0.15, -0.1) is 0 Å². The van der Waals surface area contributed by atoms with Gasteiger partial charge in [0.15, 0.2) is 0 Å². The Bertz CT molecular complexity index is 1710. The first-order chi connectivity index (χ1) is 45.5. The summed E-state index contributed by atoms with van der Waals surface area (Å²) >= 11 is 0. The van der Waals surface area contributed by atoms with Gasteiger partial charge in [-0.1, -0.05) is 415 Å². The molecule has 0 bridgehead atoms. The number of quaternary nitrogens is 1. The molecule has 93 heavy (non-hydrogen) atoms. The number of hydrogen-bond donors (Lipinski definition) is 2. The predicted octanol–water partition coefficient (Wildman–Crippen LogP) is 26.4. The van der Waals surface area contributed by atoms with E-state index < -0.39 is 20.0 Å². The van der Waals surface area contributed by atoms with Crippen LogP contribution >= 0.6 is 7.82 Å². The van der Waals surface area contributed by atoms with Crippen molar-refractivity contribution in [3.8, 4) is 0 Å². The summed E-state index contributed by atoms with van der Waals surface area (Å²) < 4.78 is 23.5. The molecule has 0 aromatic carbocycles. The fourth-order valence-corrected chi connectivity index (χ4v) is 13.4. The number of likely N-dealkylation sites (N-methyl/N-ethyl adjacent to an activating group) is 1. The third kappa shape index (κ3) is 77.4. The van der Waals surface area contributed by atoms with Crippen LogP contribution in [-0.2, 0) is 18.4 Å². The van der Waals surface area contributed by atoms with Crippen molar-refractivity contribution in [1.82, 2.24) is 5.32 Å². The summed E-state index contributed by atoms with van der Waals surface area (Å²) in [5, 5.41) is 14.0. The van der Waals surface area contributed by atoms with Crippen molar-refractivity contribution in [2.75, 3.05) is 40.9 Å². The van der Waals surface area contributed by atoms with Gasteiger partial charge >= 0.3 is 0 Å². The number of phosphoric ester groups is 1. The van der Waals surface area contributed by atoms with Gasteiger partial charge < -0.3 is 28.8 Å².